The lowest BCUT2D eigenvalue weighted by atomic mass is 9.84. The molecule has 1 saturated heterocycles. The summed E-state index contributed by atoms with van der Waals surface area (Å²) in [6.07, 6.45) is 7.70. The first-order valence-electron chi connectivity index (χ1n) is 12.4. The van der Waals surface area contributed by atoms with Crippen molar-refractivity contribution in [2.75, 3.05) is 32.7 Å². The van der Waals surface area contributed by atoms with E-state index in [1.165, 1.54) is 5.57 Å². The van der Waals surface area contributed by atoms with Crippen LogP contribution in [0.25, 0.3) is 0 Å². The second kappa shape index (κ2) is 12.8. The number of amides is 3. The maximum atomic E-state index is 13.6. The Balaban J connectivity index is 2.49. The van der Waals surface area contributed by atoms with E-state index < -0.39 is 0 Å². The van der Waals surface area contributed by atoms with E-state index in [0.717, 1.165) is 68.7 Å². The smallest absolute Gasteiger partial charge is 0.319 e. The van der Waals surface area contributed by atoms with Gasteiger partial charge in [-0.25, -0.2) is 4.79 Å². The molecule has 6 heteroatoms. The molecule has 2 aliphatic rings. The van der Waals surface area contributed by atoms with Gasteiger partial charge < -0.3 is 20.9 Å². The summed E-state index contributed by atoms with van der Waals surface area (Å²) in [4.78, 5) is 28.2. The van der Waals surface area contributed by atoms with E-state index in [4.69, 9.17) is 0 Å². The van der Waals surface area contributed by atoms with Gasteiger partial charge in [-0.05, 0) is 42.7 Å². The second-order valence-corrected chi connectivity index (χ2v) is 9.84. The van der Waals surface area contributed by atoms with Crippen molar-refractivity contribution in [3.05, 3.63) is 34.6 Å². The van der Waals surface area contributed by atoms with Crippen LogP contribution in [0.3, 0.4) is 0 Å². The zero-order valence-electron chi connectivity index (χ0n) is 21.0. The van der Waals surface area contributed by atoms with Crippen LogP contribution >= 0.6 is 0 Å². The van der Waals surface area contributed by atoms with Crippen LogP contribution in [0, 0.1) is 17.8 Å². The normalized spacial score (nSPS) is 23.9. The minimum Gasteiger partial charge on any atom is -0.338 e. The Morgan fingerprint density at radius 1 is 1.12 bits per heavy atom. The Hall–Kier alpha value is -2.08. The number of rotatable bonds is 8. The van der Waals surface area contributed by atoms with Gasteiger partial charge in [0.15, 0.2) is 0 Å². The molecule has 1 unspecified atom stereocenters. The van der Waals surface area contributed by atoms with E-state index >= 15 is 0 Å². The number of nitrogens with one attached hydrogen (secondary N) is 3. The molecule has 1 aliphatic carbocycles. The fourth-order valence-corrected chi connectivity index (χ4v) is 4.23. The molecule has 1 atom stereocenters. The van der Waals surface area contributed by atoms with Gasteiger partial charge in [0.1, 0.15) is 0 Å². The van der Waals surface area contributed by atoms with E-state index in [0.29, 0.717) is 18.4 Å². The lowest BCUT2D eigenvalue weighted by Crippen LogP contribution is -2.47. The predicted molar refractivity (Wildman–Crippen MR) is 132 cm³/mol. The highest BCUT2D eigenvalue weighted by Crippen LogP contribution is 2.32. The molecule has 0 aromatic carbocycles. The highest BCUT2D eigenvalue weighted by atomic mass is 16.2. The van der Waals surface area contributed by atoms with Gasteiger partial charge in [0.2, 0.25) is 5.91 Å². The number of piperazine rings is 1. The molecule has 2 rings (SSSR count). The van der Waals surface area contributed by atoms with Gasteiger partial charge in [-0.2, -0.15) is 0 Å². The molecule has 0 aromatic heterocycles. The molecule has 1 aliphatic heterocycles. The molecule has 6 nitrogen and oxygen atoms in total. The Morgan fingerprint density at radius 2 is 1.81 bits per heavy atom. The lowest BCUT2D eigenvalue weighted by molar-refractivity contribution is -0.128. The number of carbonyl (C=O) groups is 2. The first-order chi connectivity index (χ1) is 15.2. The first kappa shape index (κ1) is 26.2. The van der Waals surface area contributed by atoms with Crippen LogP contribution in [-0.4, -0.2) is 49.6 Å². The lowest BCUT2D eigenvalue weighted by Gasteiger charge is -2.31. The summed E-state index contributed by atoms with van der Waals surface area (Å²) in [5.41, 5.74) is 4.14. The molecule has 3 N–H and O–H groups in total. The number of hydrogen-bond donors (Lipinski definition) is 3. The van der Waals surface area contributed by atoms with Gasteiger partial charge in [0.25, 0.3) is 0 Å². The third-order valence-corrected chi connectivity index (χ3v) is 6.07. The standard InChI is InChI=1S/C26H44N4O2/c1-7-20-14-21(8-2)23(25(31)30-11-9-27-10-12-30)16-22(13-18(3)4)24(15-20)29-26(32)28-17-19(5)6/h14,16,18-19,21,27H,7-13,15,17H2,1-6H3,(H2,28,29,32)/b20-14?,23-16+,24-22+. The van der Waals surface area contributed by atoms with E-state index in [2.05, 4.69) is 69.6 Å². The average molecular weight is 445 g/mol. The number of hydrogen-bond acceptors (Lipinski definition) is 3. The Bertz CT molecular complexity index is 743. The van der Waals surface area contributed by atoms with Crippen LogP contribution in [-0.2, 0) is 4.79 Å². The number of allylic oxidation sites excluding steroid dienone is 4. The van der Waals surface area contributed by atoms with Crippen molar-refractivity contribution < 1.29 is 9.59 Å². The SMILES string of the molecule is CCC1=CC(CC)/C(C(=O)N2CCNCC2)=C\C(CC(C)C)=C(\NC(=O)NCC(C)C)C1. The molecule has 0 bridgehead atoms. The van der Waals surface area contributed by atoms with Gasteiger partial charge in [-0.3, -0.25) is 4.79 Å². The van der Waals surface area contributed by atoms with Gasteiger partial charge in [0, 0.05) is 56.3 Å². The number of urea groups is 1. The van der Waals surface area contributed by atoms with Crippen molar-refractivity contribution in [2.24, 2.45) is 17.8 Å². The van der Waals surface area contributed by atoms with Gasteiger partial charge in [-0.1, -0.05) is 53.2 Å². The van der Waals surface area contributed by atoms with Crippen molar-refractivity contribution in [1.29, 1.82) is 0 Å². The molecule has 1 heterocycles. The fourth-order valence-electron chi connectivity index (χ4n) is 4.23. The average Bonchev–Trinajstić information content (AvgIpc) is 2.76. The van der Waals surface area contributed by atoms with Crippen molar-refractivity contribution >= 4 is 11.9 Å². The van der Waals surface area contributed by atoms with Crippen molar-refractivity contribution in [3.63, 3.8) is 0 Å². The minimum atomic E-state index is -0.165. The van der Waals surface area contributed by atoms with Gasteiger partial charge in [-0.15, -0.1) is 0 Å². The summed E-state index contributed by atoms with van der Waals surface area (Å²) in [7, 11) is 0. The zero-order chi connectivity index (χ0) is 23.7. The molecule has 0 spiro atoms. The van der Waals surface area contributed by atoms with Gasteiger partial charge >= 0.3 is 6.03 Å². The third-order valence-electron chi connectivity index (χ3n) is 6.07. The predicted octanol–water partition coefficient (Wildman–Crippen LogP) is 4.37. The summed E-state index contributed by atoms with van der Waals surface area (Å²) in [5.74, 6) is 1.05. The summed E-state index contributed by atoms with van der Waals surface area (Å²) < 4.78 is 0. The summed E-state index contributed by atoms with van der Waals surface area (Å²) >= 11 is 0. The maximum Gasteiger partial charge on any atom is 0.319 e. The highest BCUT2D eigenvalue weighted by Gasteiger charge is 2.27. The van der Waals surface area contributed by atoms with Crippen LogP contribution in [0.5, 0.6) is 0 Å². The van der Waals surface area contributed by atoms with Crippen LogP contribution in [0.1, 0.15) is 67.2 Å². The van der Waals surface area contributed by atoms with Gasteiger partial charge in [0.05, 0.1) is 0 Å². The Kier molecular flexibility index (Phi) is 10.5. The largest absolute Gasteiger partial charge is 0.338 e. The van der Waals surface area contributed by atoms with Crippen LogP contribution in [0.4, 0.5) is 4.79 Å². The quantitative estimate of drug-likeness (QED) is 0.487. The van der Waals surface area contributed by atoms with Crippen LogP contribution < -0.4 is 16.0 Å². The Morgan fingerprint density at radius 3 is 2.38 bits per heavy atom. The van der Waals surface area contributed by atoms with Crippen LogP contribution in [0.2, 0.25) is 0 Å². The minimum absolute atomic E-state index is 0.103. The Labute approximate surface area is 195 Å². The van der Waals surface area contributed by atoms with Crippen molar-refractivity contribution in [3.8, 4) is 0 Å². The molecule has 3 amide bonds. The number of nitrogens with zero attached hydrogens (tertiary/aromatic N) is 1. The monoisotopic (exact) mass is 444 g/mol. The molecule has 180 valence electrons. The zero-order valence-corrected chi connectivity index (χ0v) is 21.0. The van der Waals surface area contributed by atoms with E-state index in [1.54, 1.807) is 0 Å². The second-order valence-electron chi connectivity index (χ2n) is 9.84. The molecule has 0 saturated carbocycles. The molecule has 1 fully saturated rings. The third kappa shape index (κ3) is 7.80. The molecule has 0 aromatic rings. The van der Waals surface area contributed by atoms with Crippen molar-refractivity contribution in [2.45, 2.75) is 67.2 Å². The molecular formula is C26H44N4O2. The van der Waals surface area contributed by atoms with Crippen LogP contribution in [0.15, 0.2) is 34.6 Å². The first-order valence-corrected chi connectivity index (χ1v) is 12.4. The summed E-state index contributed by atoms with van der Waals surface area (Å²) in [6.45, 7) is 16.6. The highest BCUT2D eigenvalue weighted by molar-refractivity contribution is 5.95. The van der Waals surface area contributed by atoms with E-state index in [9.17, 15) is 9.59 Å². The fraction of sp³-hybridized carbons (Fsp3) is 0.692. The van der Waals surface area contributed by atoms with E-state index in [1.807, 2.05) is 4.90 Å². The molecule has 0 radical (unpaired) electrons. The summed E-state index contributed by atoms with van der Waals surface area (Å²) in [6, 6.07) is -0.165. The van der Waals surface area contributed by atoms with Crippen molar-refractivity contribution in [1.82, 2.24) is 20.9 Å². The summed E-state index contributed by atoms with van der Waals surface area (Å²) in [5, 5.41) is 9.44. The number of carbonyl (C=O) groups excluding carboxylic acids is 2. The van der Waals surface area contributed by atoms with E-state index in [-0.39, 0.29) is 17.9 Å². The topological polar surface area (TPSA) is 73.5 Å². The molecule has 32 heavy (non-hydrogen) atoms. The maximum absolute atomic E-state index is 13.6. The molecular weight excluding hydrogens is 400 g/mol.